The number of rotatable bonds is 2. The summed E-state index contributed by atoms with van der Waals surface area (Å²) in [5, 5.41) is 9.88. The number of ether oxygens (including phenoxy) is 1. The molecule has 1 saturated carbocycles. The average molecular weight is 267 g/mol. The summed E-state index contributed by atoms with van der Waals surface area (Å²) >= 11 is 6.16. The Balaban J connectivity index is 2.31. The molecule has 0 spiro atoms. The molecule has 1 N–H and O–H groups in total. The van der Waals surface area contributed by atoms with Crippen LogP contribution >= 0.6 is 11.6 Å². The van der Waals surface area contributed by atoms with Crippen molar-refractivity contribution in [2.45, 2.75) is 37.5 Å². The molecule has 3 aliphatic rings. The fourth-order valence-corrected chi connectivity index (χ4v) is 3.84. The van der Waals surface area contributed by atoms with Gasteiger partial charge in [-0.3, -0.25) is 0 Å². The van der Waals surface area contributed by atoms with Crippen LogP contribution in [0.1, 0.15) is 59.0 Å². The predicted molar refractivity (Wildman–Crippen MR) is 68.9 cm³/mol. The van der Waals surface area contributed by atoms with Crippen LogP contribution in [-0.4, -0.2) is 18.2 Å². The van der Waals surface area contributed by atoms with E-state index in [0.29, 0.717) is 22.6 Å². The Morgan fingerprint density at radius 1 is 1.33 bits per heavy atom. The van der Waals surface area contributed by atoms with Crippen molar-refractivity contribution in [3.63, 3.8) is 0 Å². The first-order valence-electron chi connectivity index (χ1n) is 6.27. The van der Waals surface area contributed by atoms with Gasteiger partial charge in [-0.25, -0.2) is 4.79 Å². The van der Waals surface area contributed by atoms with Crippen molar-refractivity contribution >= 4 is 17.6 Å². The van der Waals surface area contributed by atoms with Crippen LogP contribution in [0.2, 0.25) is 5.02 Å². The van der Waals surface area contributed by atoms with E-state index in [9.17, 15) is 9.90 Å². The number of carboxylic acids is 1. The van der Waals surface area contributed by atoms with Gasteiger partial charge < -0.3 is 9.84 Å². The minimum Gasteiger partial charge on any atom is -0.494 e. The monoisotopic (exact) mass is 266 g/mol. The van der Waals surface area contributed by atoms with Crippen LogP contribution in [0, 0.1) is 0 Å². The summed E-state index contributed by atoms with van der Waals surface area (Å²) in [6, 6.07) is 1.91. The van der Waals surface area contributed by atoms with Crippen LogP contribution in [0.5, 0.6) is 5.75 Å². The summed E-state index contributed by atoms with van der Waals surface area (Å²) in [4.78, 5) is 11.5. The lowest BCUT2D eigenvalue weighted by Crippen LogP contribution is -2.25. The van der Waals surface area contributed by atoms with Crippen LogP contribution in [0.15, 0.2) is 6.07 Å². The van der Waals surface area contributed by atoms with E-state index in [1.807, 2.05) is 6.07 Å². The van der Waals surface area contributed by atoms with E-state index in [2.05, 4.69) is 0 Å². The highest BCUT2D eigenvalue weighted by atomic mass is 35.5. The van der Waals surface area contributed by atoms with Crippen molar-refractivity contribution < 1.29 is 14.6 Å². The number of fused-ring (bicyclic) bond motifs is 2. The molecule has 1 aromatic carbocycles. The maximum atomic E-state index is 11.5. The van der Waals surface area contributed by atoms with Gasteiger partial charge in [-0.2, -0.15) is 0 Å². The summed E-state index contributed by atoms with van der Waals surface area (Å²) in [5.41, 5.74) is 2.40. The fourth-order valence-electron chi connectivity index (χ4n) is 3.55. The molecule has 1 aromatic rings. The smallest absolute Gasteiger partial charge is 0.339 e. The van der Waals surface area contributed by atoms with Crippen LogP contribution in [0.3, 0.4) is 0 Å². The molecule has 96 valence electrons. The van der Waals surface area contributed by atoms with Gasteiger partial charge in [0, 0.05) is 0 Å². The van der Waals surface area contributed by atoms with Crippen molar-refractivity contribution in [3.05, 3.63) is 27.8 Å². The number of methoxy groups -OCH3 is 1. The van der Waals surface area contributed by atoms with Crippen molar-refractivity contribution in [3.8, 4) is 5.75 Å². The van der Waals surface area contributed by atoms with Gasteiger partial charge in [-0.15, -0.1) is 0 Å². The Morgan fingerprint density at radius 2 is 1.94 bits per heavy atom. The SMILES string of the molecule is COc1c(Cl)cc2c(c1C(=O)O)C1CCC2CC1. The highest BCUT2D eigenvalue weighted by Gasteiger charge is 2.38. The first-order chi connectivity index (χ1) is 8.63. The molecule has 0 aliphatic heterocycles. The molecule has 1 fully saturated rings. The summed E-state index contributed by atoms with van der Waals surface area (Å²) < 4.78 is 5.20. The molecule has 3 nitrogen and oxygen atoms in total. The van der Waals surface area contributed by atoms with E-state index in [1.54, 1.807) is 0 Å². The highest BCUT2D eigenvalue weighted by Crippen LogP contribution is 2.53. The Morgan fingerprint density at radius 3 is 2.50 bits per heavy atom. The lowest BCUT2D eigenvalue weighted by atomic mass is 9.65. The van der Waals surface area contributed by atoms with Crippen LogP contribution in [0.4, 0.5) is 0 Å². The number of hydrogen-bond donors (Lipinski definition) is 1. The molecule has 0 atom stereocenters. The van der Waals surface area contributed by atoms with Gasteiger partial charge in [-0.1, -0.05) is 11.6 Å². The molecule has 3 aliphatic carbocycles. The van der Waals surface area contributed by atoms with Gasteiger partial charge in [-0.05, 0) is 54.7 Å². The van der Waals surface area contributed by atoms with E-state index >= 15 is 0 Å². The third kappa shape index (κ3) is 1.53. The van der Waals surface area contributed by atoms with Crippen LogP contribution in [0.25, 0.3) is 0 Å². The quantitative estimate of drug-likeness (QED) is 0.886. The second kappa shape index (κ2) is 4.16. The number of aromatic carboxylic acids is 1. The molecular weight excluding hydrogens is 252 g/mol. The first-order valence-corrected chi connectivity index (χ1v) is 6.64. The highest BCUT2D eigenvalue weighted by molar-refractivity contribution is 6.32. The van der Waals surface area contributed by atoms with E-state index in [1.165, 1.54) is 7.11 Å². The van der Waals surface area contributed by atoms with Crippen molar-refractivity contribution in [1.29, 1.82) is 0 Å². The van der Waals surface area contributed by atoms with Gasteiger partial charge in [0.15, 0.2) is 5.75 Å². The molecule has 0 saturated heterocycles. The van der Waals surface area contributed by atoms with Crippen LogP contribution in [-0.2, 0) is 0 Å². The summed E-state index contributed by atoms with van der Waals surface area (Å²) in [7, 11) is 1.47. The lowest BCUT2D eigenvalue weighted by molar-refractivity contribution is 0.0690. The summed E-state index contributed by atoms with van der Waals surface area (Å²) in [6.45, 7) is 0. The van der Waals surface area contributed by atoms with E-state index in [0.717, 1.165) is 36.8 Å². The molecule has 0 amide bonds. The summed E-state index contributed by atoms with van der Waals surface area (Å²) in [6.07, 6.45) is 4.48. The van der Waals surface area contributed by atoms with Gasteiger partial charge in [0.1, 0.15) is 5.56 Å². The maximum absolute atomic E-state index is 11.5. The minimum absolute atomic E-state index is 0.286. The summed E-state index contributed by atoms with van der Waals surface area (Å²) in [5.74, 6) is 0.224. The van der Waals surface area contributed by atoms with Gasteiger partial charge >= 0.3 is 5.97 Å². The predicted octanol–water partition coefficient (Wildman–Crippen LogP) is 3.80. The third-order valence-electron chi connectivity index (χ3n) is 4.30. The molecule has 0 heterocycles. The fraction of sp³-hybridized carbons (Fsp3) is 0.500. The normalized spacial score (nSPS) is 24.8. The Bertz CT molecular complexity index is 516. The molecule has 18 heavy (non-hydrogen) atoms. The average Bonchev–Trinajstić information content (AvgIpc) is 2.38. The first kappa shape index (κ1) is 11.8. The zero-order valence-electron chi connectivity index (χ0n) is 10.2. The van der Waals surface area contributed by atoms with Crippen molar-refractivity contribution in [2.24, 2.45) is 0 Å². The molecule has 2 bridgehead atoms. The Hall–Kier alpha value is -1.22. The Kier molecular flexibility index (Phi) is 2.74. The molecule has 4 rings (SSSR count). The Labute approximate surface area is 111 Å². The van der Waals surface area contributed by atoms with E-state index < -0.39 is 5.97 Å². The van der Waals surface area contributed by atoms with E-state index in [-0.39, 0.29) is 5.56 Å². The van der Waals surface area contributed by atoms with Gasteiger partial charge in [0.2, 0.25) is 0 Å². The molecule has 4 heteroatoms. The van der Waals surface area contributed by atoms with E-state index in [4.69, 9.17) is 16.3 Å². The van der Waals surface area contributed by atoms with Crippen LogP contribution < -0.4 is 4.74 Å². The number of carboxylic acid groups (broad SMARTS) is 1. The minimum atomic E-state index is -0.932. The van der Waals surface area contributed by atoms with Crippen molar-refractivity contribution in [2.75, 3.05) is 7.11 Å². The molecular formula is C14H15ClO3. The second-order valence-electron chi connectivity index (χ2n) is 5.12. The maximum Gasteiger partial charge on any atom is 0.339 e. The number of halogens is 1. The second-order valence-corrected chi connectivity index (χ2v) is 5.53. The van der Waals surface area contributed by atoms with Gasteiger partial charge in [0.05, 0.1) is 12.1 Å². The third-order valence-corrected chi connectivity index (χ3v) is 4.58. The lowest BCUT2D eigenvalue weighted by Gasteiger charge is -2.39. The number of hydrogen-bond acceptors (Lipinski definition) is 2. The number of carbonyl (C=O) groups is 1. The molecule has 0 unspecified atom stereocenters. The molecule has 0 aromatic heterocycles. The van der Waals surface area contributed by atoms with Gasteiger partial charge in [0.25, 0.3) is 0 Å². The zero-order chi connectivity index (χ0) is 12.9. The zero-order valence-corrected chi connectivity index (χ0v) is 11.0. The van der Waals surface area contributed by atoms with Crippen molar-refractivity contribution in [1.82, 2.24) is 0 Å². The molecule has 0 radical (unpaired) electrons. The number of benzene rings is 1. The standard InChI is InChI=1S/C14H15ClO3/c1-18-13-10(15)6-9-7-2-4-8(5-3-7)11(9)12(13)14(16)17/h6-8H,2-5H2,1H3,(H,16,17). The largest absolute Gasteiger partial charge is 0.494 e. The topological polar surface area (TPSA) is 46.5 Å².